The van der Waals surface area contributed by atoms with E-state index in [1.807, 2.05) is 47.4 Å². The van der Waals surface area contributed by atoms with Crippen LogP contribution < -0.4 is 5.32 Å². The van der Waals surface area contributed by atoms with E-state index in [2.05, 4.69) is 5.32 Å². The molecule has 1 aliphatic heterocycles. The monoisotopic (exact) mass is 415 g/mol. The Morgan fingerprint density at radius 1 is 0.964 bits per heavy atom. The highest BCUT2D eigenvalue weighted by Gasteiger charge is 2.29. The van der Waals surface area contributed by atoms with Gasteiger partial charge in [0.05, 0.1) is 6.54 Å². The minimum Gasteiger partial charge on any atom is -0.325 e. The summed E-state index contributed by atoms with van der Waals surface area (Å²) < 4.78 is 27.0. The molecule has 2 aromatic carbocycles. The molecule has 1 fully saturated rings. The first-order valence-corrected chi connectivity index (χ1v) is 11.4. The van der Waals surface area contributed by atoms with Gasteiger partial charge in [0.15, 0.2) is 0 Å². The number of piperazine rings is 1. The third kappa shape index (κ3) is 4.10. The van der Waals surface area contributed by atoms with Crippen LogP contribution in [0.15, 0.2) is 64.2 Å². The van der Waals surface area contributed by atoms with Gasteiger partial charge >= 0.3 is 0 Å². The van der Waals surface area contributed by atoms with Crippen LogP contribution >= 0.6 is 11.3 Å². The van der Waals surface area contributed by atoms with E-state index >= 15 is 0 Å². The van der Waals surface area contributed by atoms with E-state index in [1.54, 1.807) is 17.5 Å². The fraction of sp³-hybridized carbons (Fsp3) is 0.250. The zero-order chi connectivity index (χ0) is 19.6. The maximum Gasteiger partial charge on any atom is 0.252 e. The van der Waals surface area contributed by atoms with Gasteiger partial charge in [-0.1, -0.05) is 36.4 Å². The molecule has 1 aliphatic rings. The Morgan fingerprint density at radius 3 is 2.43 bits per heavy atom. The molecule has 0 atom stereocenters. The van der Waals surface area contributed by atoms with Gasteiger partial charge in [0.2, 0.25) is 5.91 Å². The summed E-state index contributed by atoms with van der Waals surface area (Å²) in [6.07, 6.45) is 0. The van der Waals surface area contributed by atoms with E-state index in [9.17, 15) is 13.2 Å². The van der Waals surface area contributed by atoms with Gasteiger partial charge in [-0.25, -0.2) is 8.42 Å². The number of anilines is 1. The van der Waals surface area contributed by atoms with E-state index in [-0.39, 0.29) is 12.5 Å². The maximum absolute atomic E-state index is 12.6. The molecular weight excluding hydrogens is 394 g/mol. The first-order valence-electron chi connectivity index (χ1n) is 9.07. The van der Waals surface area contributed by atoms with Crippen LogP contribution in [0.1, 0.15) is 0 Å². The molecule has 0 bridgehead atoms. The van der Waals surface area contributed by atoms with Crippen molar-refractivity contribution in [3.05, 3.63) is 60.0 Å². The van der Waals surface area contributed by atoms with Crippen molar-refractivity contribution in [1.82, 2.24) is 9.21 Å². The average Bonchev–Trinajstić information content (AvgIpc) is 3.24. The smallest absolute Gasteiger partial charge is 0.252 e. The molecule has 1 N–H and O–H groups in total. The van der Waals surface area contributed by atoms with Crippen molar-refractivity contribution in [2.45, 2.75) is 4.21 Å². The van der Waals surface area contributed by atoms with Crippen LogP contribution in [0.2, 0.25) is 0 Å². The minimum absolute atomic E-state index is 0.0927. The first-order chi connectivity index (χ1) is 13.5. The van der Waals surface area contributed by atoms with Crippen molar-refractivity contribution < 1.29 is 13.2 Å². The summed E-state index contributed by atoms with van der Waals surface area (Å²) in [4.78, 5) is 14.4. The summed E-state index contributed by atoms with van der Waals surface area (Å²) in [7, 11) is -3.42. The number of sulfonamides is 1. The van der Waals surface area contributed by atoms with E-state index in [4.69, 9.17) is 0 Å². The fourth-order valence-electron chi connectivity index (χ4n) is 3.34. The first kappa shape index (κ1) is 19.1. The highest BCUT2D eigenvalue weighted by Crippen LogP contribution is 2.22. The molecular formula is C20H21N3O3S2. The molecule has 2 heterocycles. The predicted molar refractivity (Wildman–Crippen MR) is 112 cm³/mol. The van der Waals surface area contributed by atoms with E-state index in [1.165, 1.54) is 15.6 Å². The van der Waals surface area contributed by atoms with E-state index in [0.717, 1.165) is 16.5 Å². The molecule has 1 saturated heterocycles. The molecule has 3 aromatic rings. The summed E-state index contributed by atoms with van der Waals surface area (Å²) in [5.74, 6) is -0.0927. The summed E-state index contributed by atoms with van der Waals surface area (Å²) in [5, 5.41) is 6.90. The van der Waals surface area contributed by atoms with Crippen LogP contribution in [0.4, 0.5) is 5.69 Å². The van der Waals surface area contributed by atoms with Crippen LogP contribution in [0.5, 0.6) is 0 Å². The van der Waals surface area contributed by atoms with Gasteiger partial charge in [-0.05, 0) is 34.4 Å². The lowest BCUT2D eigenvalue weighted by Crippen LogP contribution is -2.50. The number of nitrogens with one attached hydrogen (secondary N) is 1. The lowest BCUT2D eigenvalue weighted by atomic mass is 10.1. The lowest BCUT2D eigenvalue weighted by molar-refractivity contribution is -0.117. The second kappa shape index (κ2) is 8.00. The van der Waals surface area contributed by atoms with Gasteiger partial charge in [-0.2, -0.15) is 4.31 Å². The number of nitrogens with zero attached hydrogens (tertiary/aromatic N) is 2. The SMILES string of the molecule is O=C(CN1CCN(S(=O)(=O)c2cccs2)CC1)Nc1ccc2ccccc2c1. The number of amides is 1. The highest BCUT2D eigenvalue weighted by atomic mass is 32.2. The molecule has 146 valence electrons. The normalized spacial score (nSPS) is 16.3. The molecule has 6 nitrogen and oxygen atoms in total. The Morgan fingerprint density at radius 2 is 1.71 bits per heavy atom. The van der Waals surface area contributed by atoms with Crippen LogP contribution in [-0.2, 0) is 14.8 Å². The van der Waals surface area contributed by atoms with Crippen molar-refractivity contribution in [3.63, 3.8) is 0 Å². The number of fused-ring (bicyclic) bond motifs is 1. The standard InChI is InChI=1S/C20H21N3O3S2/c24-19(21-18-8-7-16-4-1-2-5-17(16)14-18)15-22-9-11-23(12-10-22)28(25,26)20-6-3-13-27-20/h1-8,13-14H,9-12,15H2,(H,21,24). The quantitative estimate of drug-likeness (QED) is 0.696. The van der Waals surface area contributed by atoms with Crippen molar-refractivity contribution in [2.75, 3.05) is 38.0 Å². The molecule has 0 saturated carbocycles. The molecule has 0 unspecified atom stereocenters. The second-order valence-electron chi connectivity index (χ2n) is 6.72. The number of carbonyl (C=O) groups is 1. The topological polar surface area (TPSA) is 69.7 Å². The molecule has 0 radical (unpaired) electrons. The Bertz CT molecular complexity index is 1070. The summed E-state index contributed by atoms with van der Waals surface area (Å²) >= 11 is 1.23. The van der Waals surface area contributed by atoms with Crippen molar-refractivity contribution in [2.24, 2.45) is 0 Å². The van der Waals surface area contributed by atoms with Crippen molar-refractivity contribution >= 4 is 43.7 Å². The van der Waals surface area contributed by atoms with E-state index < -0.39 is 10.0 Å². The Kier molecular flexibility index (Phi) is 5.45. The van der Waals surface area contributed by atoms with Gasteiger partial charge in [0.25, 0.3) is 10.0 Å². The predicted octanol–water partition coefficient (Wildman–Crippen LogP) is 2.85. The van der Waals surface area contributed by atoms with Crippen molar-refractivity contribution in [3.8, 4) is 0 Å². The molecule has 0 spiro atoms. The Labute approximate surface area is 168 Å². The van der Waals surface area contributed by atoms with Gasteiger partial charge in [0, 0.05) is 31.9 Å². The molecule has 0 aliphatic carbocycles. The molecule has 1 amide bonds. The van der Waals surface area contributed by atoms with Gasteiger partial charge in [0.1, 0.15) is 4.21 Å². The van der Waals surface area contributed by atoms with Crippen LogP contribution in [0.3, 0.4) is 0 Å². The highest BCUT2D eigenvalue weighted by molar-refractivity contribution is 7.91. The molecule has 8 heteroatoms. The van der Waals surface area contributed by atoms with E-state index in [0.29, 0.717) is 30.4 Å². The van der Waals surface area contributed by atoms with Gasteiger partial charge in [-0.15, -0.1) is 11.3 Å². The third-order valence-corrected chi connectivity index (χ3v) is 8.09. The van der Waals surface area contributed by atoms with Gasteiger partial charge in [-0.3, -0.25) is 9.69 Å². The number of carbonyl (C=O) groups excluding carboxylic acids is 1. The van der Waals surface area contributed by atoms with Crippen LogP contribution in [-0.4, -0.2) is 56.3 Å². The lowest BCUT2D eigenvalue weighted by Gasteiger charge is -2.33. The number of benzene rings is 2. The molecule has 4 rings (SSSR count). The summed E-state index contributed by atoms with van der Waals surface area (Å²) in [6, 6.07) is 17.2. The Balaban J connectivity index is 1.32. The third-order valence-electron chi connectivity index (χ3n) is 4.82. The zero-order valence-corrected chi connectivity index (χ0v) is 16.9. The molecule has 1 aromatic heterocycles. The summed E-state index contributed by atoms with van der Waals surface area (Å²) in [5.41, 5.74) is 0.766. The number of thiophene rings is 1. The largest absolute Gasteiger partial charge is 0.325 e. The number of rotatable bonds is 5. The average molecular weight is 416 g/mol. The van der Waals surface area contributed by atoms with Crippen molar-refractivity contribution in [1.29, 1.82) is 0 Å². The maximum atomic E-state index is 12.6. The number of hydrogen-bond acceptors (Lipinski definition) is 5. The minimum atomic E-state index is -3.42. The second-order valence-corrected chi connectivity index (χ2v) is 9.83. The van der Waals surface area contributed by atoms with Gasteiger partial charge < -0.3 is 5.32 Å². The van der Waals surface area contributed by atoms with Crippen LogP contribution in [0.25, 0.3) is 10.8 Å². The zero-order valence-electron chi connectivity index (χ0n) is 15.2. The summed E-state index contributed by atoms with van der Waals surface area (Å²) in [6.45, 7) is 2.11. The molecule has 28 heavy (non-hydrogen) atoms. The van der Waals surface area contributed by atoms with Crippen LogP contribution in [0, 0.1) is 0 Å². The Hall–Kier alpha value is -2.26. The fourth-order valence-corrected chi connectivity index (χ4v) is 5.90. The number of hydrogen-bond donors (Lipinski definition) is 1.